The highest BCUT2D eigenvalue weighted by molar-refractivity contribution is 7.89. The standard InChI is InChI=1S/C25H25F4N5O2S/c26-22-23(30-14-16-3-11-20(12-4-16)37(35,36)33-19-9-10-19)31-15-32-24(22)34-13-1-2-21(34)17-5-7-18(8-6-17)25(27,28)29/h3-8,11-12,15,19,21,33H,1-2,9-10,13-14H2,(H,30,31,32). The largest absolute Gasteiger partial charge is 0.416 e. The maximum atomic E-state index is 15.4. The van der Waals surface area contributed by atoms with Gasteiger partial charge in [-0.1, -0.05) is 24.3 Å². The lowest BCUT2D eigenvalue weighted by Crippen LogP contribution is -2.25. The highest BCUT2D eigenvalue weighted by Crippen LogP contribution is 2.38. The number of benzene rings is 2. The maximum Gasteiger partial charge on any atom is 0.416 e. The zero-order chi connectivity index (χ0) is 26.2. The summed E-state index contributed by atoms with van der Waals surface area (Å²) in [5.41, 5.74) is 0.656. The van der Waals surface area contributed by atoms with Gasteiger partial charge in [0.05, 0.1) is 16.5 Å². The third kappa shape index (κ3) is 5.69. The van der Waals surface area contributed by atoms with Gasteiger partial charge < -0.3 is 10.2 Å². The van der Waals surface area contributed by atoms with Crippen LogP contribution in [0.3, 0.4) is 0 Å². The molecule has 1 aliphatic carbocycles. The van der Waals surface area contributed by atoms with E-state index >= 15 is 4.39 Å². The van der Waals surface area contributed by atoms with E-state index < -0.39 is 27.6 Å². The van der Waals surface area contributed by atoms with Crippen LogP contribution >= 0.6 is 0 Å². The van der Waals surface area contributed by atoms with Crippen molar-refractivity contribution < 1.29 is 26.0 Å². The fourth-order valence-corrected chi connectivity index (χ4v) is 5.71. The maximum absolute atomic E-state index is 15.4. The van der Waals surface area contributed by atoms with Gasteiger partial charge in [0, 0.05) is 19.1 Å². The third-order valence-corrected chi connectivity index (χ3v) is 8.05. The summed E-state index contributed by atoms with van der Waals surface area (Å²) in [7, 11) is -3.55. The van der Waals surface area contributed by atoms with E-state index in [0.717, 1.165) is 37.0 Å². The minimum Gasteiger partial charge on any atom is -0.363 e. The van der Waals surface area contributed by atoms with E-state index in [9.17, 15) is 21.6 Å². The summed E-state index contributed by atoms with van der Waals surface area (Å²) in [4.78, 5) is 10.0. The van der Waals surface area contributed by atoms with Crippen molar-refractivity contribution in [2.24, 2.45) is 0 Å². The Balaban J connectivity index is 1.28. The predicted molar refractivity (Wildman–Crippen MR) is 130 cm³/mol. The number of aromatic nitrogens is 2. The Morgan fingerprint density at radius 3 is 2.32 bits per heavy atom. The van der Waals surface area contributed by atoms with Gasteiger partial charge in [-0.05, 0) is 61.1 Å². The van der Waals surface area contributed by atoms with Crippen LogP contribution in [-0.2, 0) is 22.7 Å². The molecule has 37 heavy (non-hydrogen) atoms. The zero-order valence-electron chi connectivity index (χ0n) is 19.7. The molecule has 2 aliphatic rings. The van der Waals surface area contributed by atoms with Gasteiger partial charge in [0.2, 0.25) is 15.8 Å². The second kappa shape index (κ2) is 9.90. The van der Waals surface area contributed by atoms with Crippen molar-refractivity contribution in [3.8, 4) is 0 Å². The van der Waals surface area contributed by atoms with E-state index in [1.54, 1.807) is 17.0 Å². The van der Waals surface area contributed by atoms with Crippen LogP contribution in [0, 0.1) is 5.82 Å². The van der Waals surface area contributed by atoms with Gasteiger partial charge in [0.1, 0.15) is 6.33 Å². The summed E-state index contributed by atoms with van der Waals surface area (Å²) in [5, 5.41) is 2.93. The summed E-state index contributed by atoms with van der Waals surface area (Å²) in [6, 6.07) is 10.9. The second-order valence-corrected chi connectivity index (χ2v) is 10.9. The highest BCUT2D eigenvalue weighted by Gasteiger charge is 2.33. The van der Waals surface area contributed by atoms with Gasteiger partial charge in [0.15, 0.2) is 11.6 Å². The summed E-state index contributed by atoms with van der Waals surface area (Å²) in [6.45, 7) is 0.704. The Kier molecular flexibility index (Phi) is 6.80. The van der Waals surface area contributed by atoms with Gasteiger partial charge in [-0.2, -0.15) is 17.6 Å². The molecule has 2 aromatic carbocycles. The van der Waals surface area contributed by atoms with Crippen LogP contribution < -0.4 is 14.9 Å². The first-order valence-electron chi connectivity index (χ1n) is 11.9. The normalized spacial score (nSPS) is 18.3. The molecular formula is C25H25F4N5O2S. The van der Waals surface area contributed by atoms with E-state index in [1.807, 2.05) is 0 Å². The van der Waals surface area contributed by atoms with Crippen molar-refractivity contribution in [1.82, 2.24) is 14.7 Å². The van der Waals surface area contributed by atoms with E-state index in [4.69, 9.17) is 0 Å². The Morgan fingerprint density at radius 2 is 1.68 bits per heavy atom. The molecule has 5 rings (SSSR count). The number of halogens is 4. The van der Waals surface area contributed by atoms with Gasteiger partial charge in [-0.15, -0.1) is 0 Å². The number of nitrogens with zero attached hydrogens (tertiary/aromatic N) is 3. The lowest BCUT2D eigenvalue weighted by molar-refractivity contribution is -0.137. The smallest absolute Gasteiger partial charge is 0.363 e. The minimum atomic E-state index is -4.42. The summed E-state index contributed by atoms with van der Waals surface area (Å²) >= 11 is 0. The number of hydrogen-bond donors (Lipinski definition) is 2. The Hall–Kier alpha value is -3.25. The van der Waals surface area contributed by atoms with Crippen LogP contribution in [0.25, 0.3) is 0 Å². The summed E-state index contributed by atoms with van der Waals surface area (Å²) in [5.74, 6) is -0.600. The first-order chi connectivity index (χ1) is 17.6. The number of nitrogens with one attached hydrogen (secondary N) is 2. The van der Waals surface area contributed by atoms with E-state index in [0.29, 0.717) is 18.5 Å². The van der Waals surface area contributed by atoms with E-state index in [1.165, 1.54) is 30.6 Å². The number of hydrogen-bond acceptors (Lipinski definition) is 6. The van der Waals surface area contributed by atoms with Crippen LogP contribution in [0.2, 0.25) is 0 Å². The van der Waals surface area contributed by atoms with Gasteiger partial charge in [-0.25, -0.2) is 23.1 Å². The lowest BCUT2D eigenvalue weighted by Gasteiger charge is -2.27. The first kappa shape index (κ1) is 25.4. The quantitative estimate of drug-likeness (QED) is 0.394. The van der Waals surface area contributed by atoms with Crippen molar-refractivity contribution in [3.63, 3.8) is 0 Å². The molecule has 0 amide bonds. The van der Waals surface area contributed by atoms with Crippen LogP contribution in [0.1, 0.15) is 48.4 Å². The Bertz CT molecular complexity index is 1360. The van der Waals surface area contributed by atoms with Crippen LogP contribution in [0.15, 0.2) is 59.8 Å². The number of rotatable bonds is 8. The zero-order valence-corrected chi connectivity index (χ0v) is 20.5. The number of anilines is 2. The van der Waals surface area contributed by atoms with Crippen LogP contribution in [0.5, 0.6) is 0 Å². The molecule has 0 bridgehead atoms. The number of alkyl halides is 3. The molecule has 1 unspecified atom stereocenters. The van der Waals surface area contributed by atoms with E-state index in [-0.39, 0.29) is 35.2 Å². The molecule has 1 saturated heterocycles. The predicted octanol–water partition coefficient (Wildman–Crippen LogP) is 5.03. The summed E-state index contributed by atoms with van der Waals surface area (Å²) in [6.07, 6.45) is -0.102. The van der Waals surface area contributed by atoms with Crippen LogP contribution in [-0.4, -0.2) is 31.0 Å². The van der Waals surface area contributed by atoms with Crippen molar-refractivity contribution >= 4 is 21.7 Å². The van der Waals surface area contributed by atoms with Gasteiger partial charge in [0.25, 0.3) is 0 Å². The SMILES string of the molecule is O=S(=O)(NC1CC1)c1ccc(CNc2ncnc(N3CCCC3c3ccc(C(F)(F)F)cc3)c2F)cc1. The highest BCUT2D eigenvalue weighted by atomic mass is 32.2. The Labute approximate surface area is 212 Å². The fraction of sp³-hybridized carbons (Fsp3) is 0.360. The second-order valence-electron chi connectivity index (χ2n) is 9.22. The fourth-order valence-electron chi connectivity index (χ4n) is 4.41. The summed E-state index contributed by atoms with van der Waals surface area (Å²) < 4.78 is 81.5. The monoisotopic (exact) mass is 535 g/mol. The molecule has 12 heteroatoms. The third-order valence-electron chi connectivity index (χ3n) is 6.51. The Morgan fingerprint density at radius 1 is 0.973 bits per heavy atom. The van der Waals surface area contributed by atoms with E-state index in [2.05, 4.69) is 20.0 Å². The molecule has 1 saturated carbocycles. The first-order valence-corrected chi connectivity index (χ1v) is 13.4. The average molecular weight is 536 g/mol. The van der Waals surface area contributed by atoms with Crippen molar-refractivity contribution in [1.29, 1.82) is 0 Å². The molecule has 7 nitrogen and oxygen atoms in total. The average Bonchev–Trinajstić information content (AvgIpc) is 3.54. The molecule has 2 N–H and O–H groups in total. The molecule has 196 valence electrons. The topological polar surface area (TPSA) is 87.2 Å². The molecule has 2 fully saturated rings. The molecule has 2 heterocycles. The number of sulfonamides is 1. The minimum absolute atomic E-state index is 0.00994. The van der Waals surface area contributed by atoms with Crippen molar-refractivity contribution in [3.05, 3.63) is 77.4 Å². The van der Waals surface area contributed by atoms with Crippen molar-refractivity contribution in [2.45, 2.75) is 55.4 Å². The molecule has 1 aliphatic heterocycles. The van der Waals surface area contributed by atoms with Crippen molar-refractivity contribution in [2.75, 3.05) is 16.8 Å². The lowest BCUT2D eigenvalue weighted by atomic mass is 10.0. The van der Waals surface area contributed by atoms with Gasteiger partial charge in [-0.3, -0.25) is 0 Å². The van der Waals surface area contributed by atoms with Gasteiger partial charge >= 0.3 is 6.18 Å². The molecular weight excluding hydrogens is 510 g/mol. The molecule has 0 radical (unpaired) electrons. The molecule has 1 atom stereocenters. The molecule has 3 aromatic rings. The molecule has 0 spiro atoms. The van der Waals surface area contributed by atoms with Crippen LogP contribution in [0.4, 0.5) is 29.2 Å². The molecule has 1 aromatic heterocycles.